The minimum Gasteiger partial charge on any atom is -0.493 e. The number of likely N-dealkylation sites (tertiary alicyclic amines) is 1. The summed E-state index contributed by atoms with van der Waals surface area (Å²) in [6, 6.07) is 8.20. The van der Waals surface area contributed by atoms with Crippen LogP contribution in [0, 0.1) is 12.8 Å². The summed E-state index contributed by atoms with van der Waals surface area (Å²) in [5.74, 6) is 1.89. The molecular formula is C18H24N4O. The SMILES string of the molecule is Cc1ccccc1OCC1CCCN(Cc2cnc(N)nc2)C1. The van der Waals surface area contributed by atoms with E-state index in [-0.39, 0.29) is 0 Å². The van der Waals surface area contributed by atoms with Crippen LogP contribution in [0.15, 0.2) is 36.7 Å². The first-order chi connectivity index (χ1) is 11.2. The van der Waals surface area contributed by atoms with Gasteiger partial charge in [0.15, 0.2) is 0 Å². The van der Waals surface area contributed by atoms with E-state index in [1.54, 1.807) is 0 Å². The van der Waals surface area contributed by atoms with Crippen LogP contribution in [-0.4, -0.2) is 34.6 Å². The van der Waals surface area contributed by atoms with Crippen molar-refractivity contribution in [3.8, 4) is 5.75 Å². The minimum atomic E-state index is 0.330. The third kappa shape index (κ3) is 4.42. The number of anilines is 1. The molecule has 23 heavy (non-hydrogen) atoms. The van der Waals surface area contributed by atoms with Crippen molar-refractivity contribution in [2.75, 3.05) is 25.4 Å². The molecule has 1 atom stereocenters. The van der Waals surface area contributed by atoms with E-state index in [1.807, 2.05) is 30.6 Å². The Bertz CT molecular complexity index is 629. The van der Waals surface area contributed by atoms with E-state index in [0.717, 1.165) is 37.6 Å². The Balaban J connectivity index is 1.52. The Kier molecular flexibility index (Phi) is 5.08. The highest BCUT2D eigenvalue weighted by Crippen LogP contribution is 2.22. The van der Waals surface area contributed by atoms with Crippen molar-refractivity contribution >= 4 is 5.95 Å². The first-order valence-electron chi connectivity index (χ1n) is 8.18. The summed E-state index contributed by atoms with van der Waals surface area (Å²) in [7, 11) is 0. The van der Waals surface area contributed by atoms with Crippen LogP contribution in [0.5, 0.6) is 5.75 Å². The zero-order valence-corrected chi connectivity index (χ0v) is 13.6. The van der Waals surface area contributed by atoms with E-state index in [0.29, 0.717) is 11.9 Å². The smallest absolute Gasteiger partial charge is 0.219 e. The van der Waals surface area contributed by atoms with E-state index in [9.17, 15) is 0 Å². The third-order valence-electron chi connectivity index (χ3n) is 4.30. The number of piperidine rings is 1. The van der Waals surface area contributed by atoms with E-state index in [2.05, 4.69) is 27.9 Å². The highest BCUT2D eigenvalue weighted by molar-refractivity contribution is 5.31. The molecule has 5 heteroatoms. The number of hydrogen-bond acceptors (Lipinski definition) is 5. The van der Waals surface area contributed by atoms with Gasteiger partial charge in [0.1, 0.15) is 5.75 Å². The summed E-state index contributed by atoms with van der Waals surface area (Å²) < 4.78 is 6.02. The summed E-state index contributed by atoms with van der Waals surface area (Å²) in [6.45, 7) is 5.91. The van der Waals surface area contributed by atoms with E-state index in [1.165, 1.54) is 18.4 Å². The van der Waals surface area contributed by atoms with Crippen molar-refractivity contribution in [1.82, 2.24) is 14.9 Å². The average Bonchev–Trinajstić information content (AvgIpc) is 2.57. The number of aromatic nitrogens is 2. The fraction of sp³-hybridized carbons (Fsp3) is 0.444. The second-order valence-corrected chi connectivity index (χ2v) is 6.27. The first-order valence-corrected chi connectivity index (χ1v) is 8.18. The van der Waals surface area contributed by atoms with Gasteiger partial charge < -0.3 is 10.5 Å². The topological polar surface area (TPSA) is 64.3 Å². The van der Waals surface area contributed by atoms with Gasteiger partial charge in [-0.1, -0.05) is 18.2 Å². The van der Waals surface area contributed by atoms with Crippen molar-refractivity contribution in [3.05, 3.63) is 47.8 Å². The Labute approximate surface area is 137 Å². The Morgan fingerprint density at radius 3 is 2.83 bits per heavy atom. The lowest BCUT2D eigenvalue weighted by molar-refractivity contribution is 0.124. The lowest BCUT2D eigenvalue weighted by Gasteiger charge is -2.32. The molecule has 1 fully saturated rings. The maximum atomic E-state index is 6.02. The van der Waals surface area contributed by atoms with Crippen LogP contribution in [0.4, 0.5) is 5.95 Å². The maximum Gasteiger partial charge on any atom is 0.219 e. The minimum absolute atomic E-state index is 0.330. The molecule has 1 aromatic carbocycles. The molecule has 0 amide bonds. The van der Waals surface area contributed by atoms with E-state index < -0.39 is 0 Å². The summed E-state index contributed by atoms with van der Waals surface area (Å²) in [4.78, 5) is 10.6. The maximum absolute atomic E-state index is 6.02. The van der Waals surface area contributed by atoms with Gasteiger partial charge in [0.2, 0.25) is 5.95 Å². The summed E-state index contributed by atoms with van der Waals surface area (Å²) in [5.41, 5.74) is 7.84. The lowest BCUT2D eigenvalue weighted by Crippen LogP contribution is -2.37. The predicted octanol–water partition coefficient (Wildman–Crippen LogP) is 2.66. The molecular weight excluding hydrogens is 288 g/mol. The van der Waals surface area contributed by atoms with E-state index >= 15 is 0 Å². The number of nitrogen functional groups attached to an aromatic ring is 1. The molecule has 2 heterocycles. The lowest BCUT2D eigenvalue weighted by atomic mass is 9.98. The van der Waals surface area contributed by atoms with Crippen molar-refractivity contribution in [2.24, 2.45) is 5.92 Å². The molecule has 0 aliphatic carbocycles. The normalized spacial score (nSPS) is 18.7. The highest BCUT2D eigenvalue weighted by Gasteiger charge is 2.21. The summed E-state index contributed by atoms with van der Waals surface area (Å²) >= 11 is 0. The zero-order chi connectivity index (χ0) is 16.1. The van der Waals surface area contributed by atoms with Crippen LogP contribution in [0.2, 0.25) is 0 Å². The number of aryl methyl sites for hydroxylation is 1. The van der Waals surface area contributed by atoms with Gasteiger partial charge in [0.05, 0.1) is 6.61 Å². The number of hydrogen-bond donors (Lipinski definition) is 1. The first kappa shape index (κ1) is 15.7. The molecule has 2 N–H and O–H groups in total. The number of benzene rings is 1. The fourth-order valence-electron chi connectivity index (χ4n) is 3.06. The van der Waals surface area contributed by atoms with E-state index in [4.69, 9.17) is 10.5 Å². The summed E-state index contributed by atoms with van der Waals surface area (Å²) in [6.07, 6.45) is 6.06. The fourth-order valence-corrected chi connectivity index (χ4v) is 3.06. The van der Waals surface area contributed by atoms with Gasteiger partial charge in [0, 0.05) is 37.0 Å². The molecule has 1 saturated heterocycles. The van der Waals surface area contributed by atoms with Gasteiger partial charge in [-0.2, -0.15) is 0 Å². The Hall–Kier alpha value is -2.14. The standard InChI is InChI=1S/C18H24N4O/c1-14-5-2-3-7-17(14)23-13-15-6-4-8-22(11-15)12-16-9-20-18(19)21-10-16/h2-3,5,7,9-10,15H,4,6,8,11-13H2,1H3,(H2,19,20,21). The third-order valence-corrected chi connectivity index (χ3v) is 4.30. The van der Waals surface area contributed by atoms with Crippen LogP contribution in [-0.2, 0) is 6.54 Å². The van der Waals surface area contributed by atoms with Crippen molar-refractivity contribution in [2.45, 2.75) is 26.3 Å². The summed E-state index contributed by atoms with van der Waals surface area (Å²) in [5, 5.41) is 0. The van der Waals surface area contributed by atoms with Crippen LogP contribution in [0.1, 0.15) is 24.0 Å². The van der Waals surface area contributed by atoms with Gasteiger partial charge >= 0.3 is 0 Å². The highest BCUT2D eigenvalue weighted by atomic mass is 16.5. The predicted molar refractivity (Wildman–Crippen MR) is 91.1 cm³/mol. The molecule has 0 saturated carbocycles. The molecule has 1 aliphatic rings. The Morgan fingerprint density at radius 2 is 2.04 bits per heavy atom. The molecule has 3 rings (SSSR count). The van der Waals surface area contributed by atoms with Crippen molar-refractivity contribution < 1.29 is 4.74 Å². The van der Waals surface area contributed by atoms with Crippen LogP contribution in [0.3, 0.4) is 0 Å². The molecule has 5 nitrogen and oxygen atoms in total. The molecule has 1 aliphatic heterocycles. The molecule has 1 unspecified atom stereocenters. The quantitative estimate of drug-likeness (QED) is 0.919. The van der Waals surface area contributed by atoms with Gasteiger partial charge in [-0.05, 0) is 37.9 Å². The number of nitrogens with zero attached hydrogens (tertiary/aromatic N) is 3. The van der Waals surface area contributed by atoms with Crippen LogP contribution >= 0.6 is 0 Å². The molecule has 122 valence electrons. The molecule has 0 spiro atoms. The second kappa shape index (κ2) is 7.42. The second-order valence-electron chi connectivity index (χ2n) is 6.27. The monoisotopic (exact) mass is 312 g/mol. The largest absolute Gasteiger partial charge is 0.493 e. The molecule has 2 aromatic rings. The van der Waals surface area contributed by atoms with Crippen molar-refractivity contribution in [3.63, 3.8) is 0 Å². The molecule has 0 bridgehead atoms. The number of para-hydroxylation sites is 1. The molecule has 1 aromatic heterocycles. The molecule has 0 radical (unpaired) electrons. The van der Waals surface area contributed by atoms with Gasteiger partial charge in [-0.25, -0.2) is 9.97 Å². The van der Waals surface area contributed by atoms with Crippen molar-refractivity contribution in [1.29, 1.82) is 0 Å². The zero-order valence-electron chi connectivity index (χ0n) is 13.6. The van der Waals surface area contributed by atoms with Gasteiger partial charge in [-0.3, -0.25) is 4.90 Å². The van der Waals surface area contributed by atoms with Crippen LogP contribution in [0.25, 0.3) is 0 Å². The average molecular weight is 312 g/mol. The van der Waals surface area contributed by atoms with Gasteiger partial charge in [0.25, 0.3) is 0 Å². The number of nitrogens with two attached hydrogens (primary N) is 1. The van der Waals surface area contributed by atoms with Crippen LogP contribution < -0.4 is 10.5 Å². The Morgan fingerprint density at radius 1 is 1.26 bits per heavy atom. The van der Waals surface area contributed by atoms with Gasteiger partial charge in [-0.15, -0.1) is 0 Å². The number of rotatable bonds is 5. The number of ether oxygens (including phenoxy) is 1.